The van der Waals surface area contributed by atoms with E-state index in [0.717, 1.165) is 11.3 Å². The average molecular weight is 437 g/mol. The largest absolute Gasteiger partial charge is 0.443 e. The number of hydrogen-bond acceptors (Lipinski definition) is 9. The molecule has 0 atom stereocenters. The third-order valence-corrected chi connectivity index (χ3v) is 5.21. The lowest BCUT2D eigenvalue weighted by Gasteiger charge is -2.13. The minimum Gasteiger partial charge on any atom is -0.443 e. The number of Topliss-reactive ketones (excluding diaryl/α,β-unsaturated/α-hetero) is 1. The van der Waals surface area contributed by atoms with Gasteiger partial charge in [0.1, 0.15) is 17.2 Å². The van der Waals surface area contributed by atoms with Crippen molar-refractivity contribution < 1.29 is 14.0 Å². The molecule has 0 spiro atoms. The summed E-state index contributed by atoms with van der Waals surface area (Å²) in [4.78, 5) is 35.8. The lowest BCUT2D eigenvalue weighted by molar-refractivity contribution is 0.100. The van der Waals surface area contributed by atoms with Gasteiger partial charge in [-0.15, -0.1) is 16.4 Å². The zero-order valence-corrected chi connectivity index (χ0v) is 17.9. The molecule has 158 valence electrons. The van der Waals surface area contributed by atoms with E-state index in [1.54, 1.807) is 5.38 Å². The van der Waals surface area contributed by atoms with Gasteiger partial charge in [0.15, 0.2) is 29.4 Å². The van der Waals surface area contributed by atoms with E-state index in [4.69, 9.17) is 4.42 Å². The van der Waals surface area contributed by atoms with Crippen molar-refractivity contribution in [2.75, 3.05) is 24.3 Å². The van der Waals surface area contributed by atoms with Crippen LogP contribution in [0.5, 0.6) is 0 Å². The number of rotatable bonds is 7. The highest BCUT2D eigenvalue weighted by molar-refractivity contribution is 7.09. The van der Waals surface area contributed by atoms with Crippen molar-refractivity contribution in [3.63, 3.8) is 0 Å². The molecule has 10 nitrogen and oxygen atoms in total. The maximum atomic E-state index is 12.8. The summed E-state index contributed by atoms with van der Waals surface area (Å²) in [5.41, 5.74) is 2.27. The van der Waals surface area contributed by atoms with Gasteiger partial charge in [-0.1, -0.05) is 12.1 Å². The Hall–Kier alpha value is -3.86. The van der Waals surface area contributed by atoms with Gasteiger partial charge in [0.2, 0.25) is 0 Å². The van der Waals surface area contributed by atoms with Crippen molar-refractivity contribution in [3.8, 4) is 11.3 Å². The van der Waals surface area contributed by atoms with Crippen LogP contribution in [0.25, 0.3) is 11.3 Å². The van der Waals surface area contributed by atoms with E-state index < -0.39 is 5.91 Å². The van der Waals surface area contributed by atoms with Crippen LogP contribution in [0.2, 0.25) is 0 Å². The Morgan fingerprint density at radius 3 is 2.87 bits per heavy atom. The Balaban J connectivity index is 1.48. The van der Waals surface area contributed by atoms with E-state index >= 15 is 0 Å². The van der Waals surface area contributed by atoms with Gasteiger partial charge in [-0.2, -0.15) is 9.90 Å². The number of nitrogens with one attached hydrogen (secondary N) is 1. The van der Waals surface area contributed by atoms with Crippen LogP contribution in [0.15, 0.2) is 46.7 Å². The molecule has 1 N–H and O–H groups in total. The highest BCUT2D eigenvalue weighted by Gasteiger charge is 2.20. The molecule has 0 aliphatic heterocycles. The van der Waals surface area contributed by atoms with Crippen molar-refractivity contribution in [3.05, 3.63) is 58.6 Å². The van der Waals surface area contributed by atoms with Crippen LogP contribution < -0.4 is 10.2 Å². The molecule has 0 radical (unpaired) electrons. The highest BCUT2D eigenvalue weighted by atomic mass is 32.1. The van der Waals surface area contributed by atoms with Gasteiger partial charge in [-0.3, -0.25) is 9.59 Å². The van der Waals surface area contributed by atoms with E-state index in [1.807, 2.05) is 43.3 Å². The van der Waals surface area contributed by atoms with E-state index in [2.05, 4.69) is 25.5 Å². The van der Waals surface area contributed by atoms with Crippen molar-refractivity contribution in [2.45, 2.75) is 13.5 Å². The third kappa shape index (κ3) is 4.51. The summed E-state index contributed by atoms with van der Waals surface area (Å²) in [6, 6.07) is 7.61. The minimum atomic E-state index is -0.459. The van der Waals surface area contributed by atoms with Crippen molar-refractivity contribution in [2.24, 2.45) is 0 Å². The minimum absolute atomic E-state index is 0.0941. The normalized spacial score (nSPS) is 10.8. The maximum absolute atomic E-state index is 12.8. The molecule has 3 aromatic heterocycles. The summed E-state index contributed by atoms with van der Waals surface area (Å²) in [7, 11) is 3.87. The summed E-state index contributed by atoms with van der Waals surface area (Å²) in [5.74, 6) is 0.0834. The summed E-state index contributed by atoms with van der Waals surface area (Å²) in [5, 5.41) is 13.4. The van der Waals surface area contributed by atoms with Crippen LogP contribution in [-0.2, 0) is 6.54 Å². The fourth-order valence-corrected chi connectivity index (χ4v) is 3.62. The fraction of sp³-hybridized carbons (Fsp3) is 0.200. The molecule has 11 heteroatoms. The Kier molecular flexibility index (Phi) is 5.58. The molecule has 1 aromatic carbocycles. The number of nitrogens with zero attached hydrogens (tertiary/aromatic N) is 6. The van der Waals surface area contributed by atoms with Crippen LogP contribution in [0, 0.1) is 0 Å². The van der Waals surface area contributed by atoms with E-state index in [0.29, 0.717) is 23.0 Å². The second kappa shape index (κ2) is 8.48. The second-order valence-corrected chi connectivity index (χ2v) is 7.81. The molecule has 0 saturated carbocycles. The standard InChI is InChI=1S/C20H19N7O3S/c1-12(28)15-10-31-17(23-15)9-27-22-8-16(25-27)24-20(29)18-19(30-11-21-18)13-5-4-6-14(7-13)26(2)3/h4-8,10-11H,9H2,1-3H3,(H,24,25,29). The van der Waals surface area contributed by atoms with Gasteiger partial charge >= 0.3 is 0 Å². The van der Waals surface area contributed by atoms with Gasteiger partial charge in [0.25, 0.3) is 5.91 Å². The Labute approximate surface area is 181 Å². The Morgan fingerprint density at radius 1 is 1.29 bits per heavy atom. The number of anilines is 2. The number of thiazole rings is 1. The molecule has 4 aromatic rings. The predicted molar refractivity (Wildman–Crippen MR) is 115 cm³/mol. The smallest absolute Gasteiger partial charge is 0.279 e. The van der Waals surface area contributed by atoms with Gasteiger partial charge in [-0.05, 0) is 12.1 Å². The van der Waals surface area contributed by atoms with Crippen LogP contribution >= 0.6 is 11.3 Å². The first kappa shape index (κ1) is 20.4. The maximum Gasteiger partial charge on any atom is 0.279 e. The Bertz CT molecular complexity index is 1240. The molecule has 31 heavy (non-hydrogen) atoms. The fourth-order valence-electron chi connectivity index (χ4n) is 2.81. The van der Waals surface area contributed by atoms with Gasteiger partial charge in [0, 0.05) is 37.6 Å². The van der Waals surface area contributed by atoms with Crippen molar-refractivity contribution in [1.82, 2.24) is 25.0 Å². The SMILES string of the molecule is CC(=O)c1csc(Cn2ncc(NC(=O)c3ncoc3-c3cccc(N(C)C)c3)n2)n1. The molecule has 0 unspecified atom stereocenters. The van der Waals surface area contributed by atoms with Crippen LogP contribution in [0.1, 0.15) is 32.9 Å². The molecule has 3 heterocycles. The molecular weight excluding hydrogens is 418 g/mol. The van der Waals surface area contributed by atoms with Crippen LogP contribution in [0.3, 0.4) is 0 Å². The monoisotopic (exact) mass is 437 g/mol. The summed E-state index contributed by atoms with van der Waals surface area (Å²) in [6.07, 6.45) is 2.67. The van der Waals surface area contributed by atoms with Crippen LogP contribution in [-0.4, -0.2) is 50.7 Å². The zero-order chi connectivity index (χ0) is 22.0. The highest BCUT2D eigenvalue weighted by Crippen LogP contribution is 2.27. The van der Waals surface area contributed by atoms with Crippen molar-refractivity contribution >= 4 is 34.5 Å². The lowest BCUT2D eigenvalue weighted by Crippen LogP contribution is -2.14. The first-order valence-corrected chi connectivity index (χ1v) is 10.2. The van der Waals surface area contributed by atoms with Crippen LogP contribution in [0.4, 0.5) is 11.5 Å². The number of ketones is 1. The predicted octanol–water partition coefficient (Wildman–Crippen LogP) is 2.96. The third-order valence-electron chi connectivity index (χ3n) is 4.37. The Morgan fingerprint density at radius 2 is 2.13 bits per heavy atom. The number of benzene rings is 1. The first-order valence-electron chi connectivity index (χ1n) is 9.29. The molecular formula is C20H19N7O3S. The second-order valence-electron chi connectivity index (χ2n) is 6.87. The van der Waals surface area contributed by atoms with Crippen molar-refractivity contribution in [1.29, 1.82) is 0 Å². The topological polar surface area (TPSA) is 119 Å². The molecule has 0 bridgehead atoms. The van der Waals surface area contributed by atoms with E-state index in [9.17, 15) is 9.59 Å². The van der Waals surface area contributed by atoms with Gasteiger partial charge in [-0.25, -0.2) is 9.97 Å². The summed E-state index contributed by atoms with van der Waals surface area (Å²) < 4.78 is 5.48. The number of amides is 1. The van der Waals surface area contributed by atoms with Gasteiger partial charge in [0.05, 0.1) is 6.20 Å². The molecule has 1 amide bonds. The summed E-state index contributed by atoms with van der Waals surface area (Å²) >= 11 is 1.35. The van der Waals surface area contributed by atoms with Gasteiger partial charge < -0.3 is 14.6 Å². The molecule has 0 fully saturated rings. The number of oxazole rings is 1. The first-order chi connectivity index (χ1) is 14.9. The quantitative estimate of drug-likeness (QED) is 0.438. The molecule has 4 rings (SSSR count). The van der Waals surface area contributed by atoms with E-state index in [-0.39, 0.29) is 17.3 Å². The average Bonchev–Trinajstić information content (AvgIpc) is 3.49. The zero-order valence-electron chi connectivity index (χ0n) is 17.1. The summed E-state index contributed by atoms with van der Waals surface area (Å²) in [6.45, 7) is 1.76. The number of carbonyl (C=O) groups is 2. The van der Waals surface area contributed by atoms with E-state index in [1.165, 1.54) is 35.6 Å². The number of aromatic nitrogens is 5. The lowest BCUT2D eigenvalue weighted by atomic mass is 10.1. The molecule has 0 saturated heterocycles. The molecule has 0 aliphatic carbocycles. The number of carbonyl (C=O) groups excluding carboxylic acids is 2. The molecule has 0 aliphatic rings. The number of hydrogen-bond donors (Lipinski definition) is 1.